The quantitative estimate of drug-likeness (QED) is 0.176. The summed E-state index contributed by atoms with van der Waals surface area (Å²) in [6.07, 6.45) is 0. The van der Waals surface area contributed by atoms with Crippen LogP contribution in [-0.2, 0) is 5.41 Å². The first-order chi connectivity index (χ1) is 28.7. The summed E-state index contributed by atoms with van der Waals surface area (Å²) in [5.41, 5.74) is 13.8. The maximum atomic E-state index is 9.61. The molecule has 5 nitrogen and oxygen atoms in total. The summed E-state index contributed by atoms with van der Waals surface area (Å²) in [4.78, 5) is 15.2. The van der Waals surface area contributed by atoms with Crippen molar-refractivity contribution in [3.05, 3.63) is 222 Å². The molecule has 1 aliphatic heterocycles. The molecule has 1 aromatic heterocycles. The van der Waals surface area contributed by atoms with Gasteiger partial charge in [0.2, 0.25) is 0 Å². The Kier molecular flexibility index (Phi) is 7.70. The van der Waals surface area contributed by atoms with Gasteiger partial charge in [0.05, 0.1) is 17.0 Å². The Morgan fingerprint density at radius 3 is 1.43 bits per heavy atom. The van der Waals surface area contributed by atoms with Crippen molar-refractivity contribution < 1.29 is 4.74 Å². The second-order valence-corrected chi connectivity index (χ2v) is 14.7. The highest BCUT2D eigenvalue weighted by molar-refractivity contribution is 5.90. The molecule has 8 aromatic carbocycles. The van der Waals surface area contributed by atoms with Crippen molar-refractivity contribution in [1.82, 2.24) is 15.0 Å². The van der Waals surface area contributed by atoms with E-state index in [0.29, 0.717) is 23.0 Å². The molecule has 270 valence electrons. The van der Waals surface area contributed by atoms with E-state index in [-0.39, 0.29) is 0 Å². The highest BCUT2D eigenvalue weighted by Gasteiger charge is 2.51. The van der Waals surface area contributed by atoms with Crippen molar-refractivity contribution in [3.8, 4) is 85.1 Å². The Bertz CT molecular complexity index is 2990. The number of para-hydroxylation sites is 1. The molecule has 0 saturated heterocycles. The molecule has 0 amide bonds. The van der Waals surface area contributed by atoms with Gasteiger partial charge in [-0.1, -0.05) is 146 Å². The van der Waals surface area contributed by atoms with E-state index in [2.05, 4.69) is 109 Å². The predicted octanol–water partition coefficient (Wildman–Crippen LogP) is 12.5. The second kappa shape index (κ2) is 13.4. The molecule has 9 aromatic rings. The molecule has 0 unspecified atom stereocenters. The third-order valence-corrected chi connectivity index (χ3v) is 11.4. The van der Waals surface area contributed by atoms with Gasteiger partial charge < -0.3 is 4.74 Å². The van der Waals surface area contributed by atoms with E-state index in [4.69, 9.17) is 19.7 Å². The van der Waals surface area contributed by atoms with Crippen molar-refractivity contribution in [2.45, 2.75) is 5.41 Å². The minimum absolute atomic E-state index is 0.565. The molecule has 0 fully saturated rings. The van der Waals surface area contributed by atoms with Gasteiger partial charge in [0.15, 0.2) is 17.5 Å². The molecule has 1 aliphatic carbocycles. The lowest BCUT2D eigenvalue weighted by Gasteiger charge is -2.39. The molecule has 0 N–H and O–H groups in total. The lowest BCUT2D eigenvalue weighted by atomic mass is 9.66. The van der Waals surface area contributed by atoms with Gasteiger partial charge in [-0.15, -0.1) is 0 Å². The van der Waals surface area contributed by atoms with E-state index in [1.165, 1.54) is 22.3 Å². The van der Waals surface area contributed by atoms with Crippen molar-refractivity contribution in [3.63, 3.8) is 0 Å². The van der Waals surface area contributed by atoms with Gasteiger partial charge in [0, 0.05) is 27.8 Å². The molecule has 0 saturated carbocycles. The zero-order valence-corrected chi connectivity index (χ0v) is 31.2. The normalized spacial score (nSPS) is 12.7. The Labute approximate surface area is 336 Å². The van der Waals surface area contributed by atoms with Crippen LogP contribution in [0.25, 0.3) is 67.5 Å². The minimum Gasteiger partial charge on any atom is -0.457 e. The number of hydrogen-bond donors (Lipinski definition) is 0. The van der Waals surface area contributed by atoms with Crippen LogP contribution in [0.15, 0.2) is 194 Å². The summed E-state index contributed by atoms with van der Waals surface area (Å²) >= 11 is 0. The summed E-state index contributed by atoms with van der Waals surface area (Å²) in [7, 11) is 0. The molecule has 2 heterocycles. The van der Waals surface area contributed by atoms with E-state index < -0.39 is 5.41 Å². The fourth-order valence-electron chi connectivity index (χ4n) is 8.80. The third kappa shape index (κ3) is 5.27. The average molecular weight is 741 g/mol. The number of benzene rings is 8. The fourth-order valence-corrected chi connectivity index (χ4v) is 8.80. The summed E-state index contributed by atoms with van der Waals surface area (Å²) in [5, 5.41) is 9.61. The topological polar surface area (TPSA) is 71.7 Å². The van der Waals surface area contributed by atoms with E-state index in [1.807, 2.05) is 91.0 Å². The van der Waals surface area contributed by atoms with Gasteiger partial charge in [-0.2, -0.15) is 5.26 Å². The highest BCUT2D eigenvalue weighted by Crippen LogP contribution is 2.62. The minimum atomic E-state index is -0.593. The summed E-state index contributed by atoms with van der Waals surface area (Å²) in [6.45, 7) is 0. The first-order valence-corrected chi connectivity index (χ1v) is 19.3. The zero-order valence-electron chi connectivity index (χ0n) is 31.2. The number of aromatic nitrogens is 3. The van der Waals surface area contributed by atoms with Crippen LogP contribution in [0.3, 0.4) is 0 Å². The maximum Gasteiger partial charge on any atom is 0.164 e. The van der Waals surface area contributed by atoms with Crippen LogP contribution in [0.5, 0.6) is 11.5 Å². The third-order valence-electron chi connectivity index (χ3n) is 11.4. The van der Waals surface area contributed by atoms with Crippen LogP contribution < -0.4 is 4.74 Å². The molecule has 1 spiro atoms. The van der Waals surface area contributed by atoms with Crippen molar-refractivity contribution in [2.75, 3.05) is 0 Å². The Morgan fingerprint density at radius 1 is 0.362 bits per heavy atom. The molecule has 0 atom stereocenters. The summed E-state index contributed by atoms with van der Waals surface area (Å²) in [5.74, 6) is 3.45. The average Bonchev–Trinajstić information content (AvgIpc) is 3.60. The summed E-state index contributed by atoms with van der Waals surface area (Å²) in [6, 6.07) is 69.1. The predicted molar refractivity (Wildman–Crippen MR) is 229 cm³/mol. The molecule has 5 heteroatoms. The molecule has 2 aliphatic rings. The van der Waals surface area contributed by atoms with Gasteiger partial charge in [0.25, 0.3) is 0 Å². The number of hydrogen-bond acceptors (Lipinski definition) is 5. The summed E-state index contributed by atoms with van der Waals surface area (Å²) < 4.78 is 6.75. The standard InChI is InChI=1S/C53H32N4O/c54-33-34-23-25-35(26-24-34)39-29-40(31-41(30-39)52-56-50(36-13-3-1-4-14-36)55-51(57-52)37-15-5-2-6-16-37)38-27-28-49-47(32-38)53(46-21-11-12-22-48(46)58-49)44-19-9-7-17-42(44)43-18-8-10-20-45(43)53/h1-32H. The van der Waals surface area contributed by atoms with Crippen molar-refractivity contribution >= 4 is 0 Å². The first kappa shape index (κ1) is 33.4. The molecule has 11 rings (SSSR count). The van der Waals surface area contributed by atoms with Crippen LogP contribution in [0.4, 0.5) is 0 Å². The maximum absolute atomic E-state index is 9.61. The monoisotopic (exact) mass is 740 g/mol. The zero-order chi connectivity index (χ0) is 38.6. The van der Waals surface area contributed by atoms with Crippen LogP contribution in [0.1, 0.15) is 27.8 Å². The van der Waals surface area contributed by atoms with Gasteiger partial charge in [0.1, 0.15) is 11.5 Å². The Balaban J connectivity index is 1.16. The molecule has 0 bridgehead atoms. The van der Waals surface area contributed by atoms with Crippen LogP contribution >= 0.6 is 0 Å². The van der Waals surface area contributed by atoms with Crippen LogP contribution in [0, 0.1) is 11.3 Å². The van der Waals surface area contributed by atoms with Gasteiger partial charge >= 0.3 is 0 Å². The largest absolute Gasteiger partial charge is 0.457 e. The van der Waals surface area contributed by atoms with E-state index in [9.17, 15) is 5.26 Å². The molecular weight excluding hydrogens is 709 g/mol. The lowest BCUT2D eigenvalue weighted by Crippen LogP contribution is -2.32. The number of rotatable bonds is 5. The van der Waals surface area contributed by atoms with Gasteiger partial charge in [-0.3, -0.25) is 0 Å². The van der Waals surface area contributed by atoms with Gasteiger partial charge in [-0.05, 0) is 93.0 Å². The van der Waals surface area contributed by atoms with Crippen LogP contribution in [-0.4, -0.2) is 15.0 Å². The van der Waals surface area contributed by atoms with Gasteiger partial charge in [-0.25, -0.2) is 15.0 Å². The Morgan fingerprint density at radius 2 is 0.828 bits per heavy atom. The number of ether oxygens (including phenoxy) is 1. The second-order valence-electron chi connectivity index (χ2n) is 14.7. The SMILES string of the molecule is N#Cc1ccc(-c2cc(-c3ccc4c(c3)C3(c5ccccc5O4)c4ccccc4-c4ccccc43)cc(-c3nc(-c4ccccc4)nc(-c4ccccc4)n3)c2)cc1. The molecule has 0 radical (unpaired) electrons. The lowest BCUT2D eigenvalue weighted by molar-refractivity contribution is 0.436. The van der Waals surface area contributed by atoms with E-state index in [1.54, 1.807) is 0 Å². The van der Waals surface area contributed by atoms with E-state index >= 15 is 0 Å². The number of fused-ring (bicyclic) bond motifs is 9. The fraction of sp³-hybridized carbons (Fsp3) is 0.0189. The van der Waals surface area contributed by atoms with Crippen molar-refractivity contribution in [1.29, 1.82) is 5.26 Å². The highest BCUT2D eigenvalue weighted by atomic mass is 16.5. The number of nitriles is 1. The molecule has 58 heavy (non-hydrogen) atoms. The van der Waals surface area contributed by atoms with Crippen LogP contribution in [0.2, 0.25) is 0 Å². The van der Waals surface area contributed by atoms with Crippen molar-refractivity contribution in [2.24, 2.45) is 0 Å². The smallest absolute Gasteiger partial charge is 0.164 e. The van der Waals surface area contributed by atoms with E-state index in [0.717, 1.165) is 61.6 Å². The Hall–Kier alpha value is -7.94. The molecular formula is C53H32N4O. The first-order valence-electron chi connectivity index (χ1n) is 19.3. The number of nitrogens with zero attached hydrogens (tertiary/aromatic N) is 4.